The Morgan fingerprint density at radius 3 is 2.66 bits per heavy atom. The molecular formula is C21H20FN3O3S. The number of pyridine rings is 1. The topological polar surface area (TPSA) is 72.4 Å². The molecule has 1 amide bonds. The van der Waals surface area contributed by atoms with Crippen molar-refractivity contribution < 1.29 is 18.7 Å². The van der Waals surface area contributed by atoms with E-state index in [1.807, 2.05) is 30.3 Å². The van der Waals surface area contributed by atoms with Crippen LogP contribution in [0, 0.1) is 12.9 Å². The first kappa shape index (κ1) is 20.6. The van der Waals surface area contributed by atoms with Crippen molar-refractivity contribution in [2.75, 3.05) is 18.1 Å². The lowest BCUT2D eigenvalue weighted by molar-refractivity contribution is 0.0519. The number of esters is 1. The Morgan fingerprint density at radius 2 is 1.97 bits per heavy atom. The quantitative estimate of drug-likeness (QED) is 0.432. The number of aromatic nitrogens is 2. The van der Waals surface area contributed by atoms with E-state index in [4.69, 9.17) is 4.74 Å². The lowest BCUT2D eigenvalue weighted by Gasteiger charge is -2.20. The van der Waals surface area contributed by atoms with Gasteiger partial charge >= 0.3 is 5.97 Å². The number of amides is 1. The standard InChI is InChI=1S/C21H20FN3O3S/c1-3-28-20(27)18-14(2)29-21(24-18)25(12-10-15-7-5-4-6-8-15)19(26)16-9-11-23-17(22)13-16/h4-9,11,13H,3,10,12H2,1-2H3. The van der Waals surface area contributed by atoms with Crippen LogP contribution in [0.3, 0.4) is 0 Å². The predicted octanol–water partition coefficient (Wildman–Crippen LogP) is 4.05. The Labute approximate surface area is 172 Å². The third-order valence-corrected chi connectivity index (χ3v) is 5.16. The molecule has 2 heterocycles. The number of ether oxygens (including phenoxy) is 1. The minimum absolute atomic E-state index is 0.163. The van der Waals surface area contributed by atoms with Crippen LogP contribution in [-0.2, 0) is 11.2 Å². The summed E-state index contributed by atoms with van der Waals surface area (Å²) < 4.78 is 18.6. The molecule has 0 aliphatic rings. The summed E-state index contributed by atoms with van der Waals surface area (Å²) in [5, 5.41) is 0.365. The van der Waals surface area contributed by atoms with Crippen LogP contribution in [0.1, 0.15) is 38.2 Å². The van der Waals surface area contributed by atoms with Crippen molar-refractivity contribution in [2.45, 2.75) is 20.3 Å². The van der Waals surface area contributed by atoms with E-state index in [1.54, 1.807) is 13.8 Å². The molecule has 0 saturated heterocycles. The molecular weight excluding hydrogens is 393 g/mol. The highest BCUT2D eigenvalue weighted by Crippen LogP contribution is 2.28. The van der Waals surface area contributed by atoms with Gasteiger partial charge in [-0.15, -0.1) is 11.3 Å². The monoisotopic (exact) mass is 413 g/mol. The number of halogens is 1. The number of hydrogen-bond donors (Lipinski definition) is 0. The molecule has 0 bridgehead atoms. The number of hydrogen-bond acceptors (Lipinski definition) is 6. The van der Waals surface area contributed by atoms with Gasteiger partial charge in [-0.2, -0.15) is 4.39 Å². The van der Waals surface area contributed by atoms with Crippen LogP contribution >= 0.6 is 11.3 Å². The van der Waals surface area contributed by atoms with Crippen molar-refractivity contribution in [3.63, 3.8) is 0 Å². The van der Waals surface area contributed by atoms with Gasteiger partial charge in [0.05, 0.1) is 6.61 Å². The van der Waals surface area contributed by atoms with E-state index in [0.29, 0.717) is 23.0 Å². The predicted molar refractivity (Wildman–Crippen MR) is 109 cm³/mol. The highest BCUT2D eigenvalue weighted by molar-refractivity contribution is 7.16. The maximum absolute atomic E-state index is 13.5. The lowest BCUT2D eigenvalue weighted by Crippen LogP contribution is -2.33. The fourth-order valence-electron chi connectivity index (χ4n) is 2.75. The first-order chi connectivity index (χ1) is 14.0. The summed E-state index contributed by atoms with van der Waals surface area (Å²) in [5.41, 5.74) is 1.39. The Morgan fingerprint density at radius 1 is 1.21 bits per heavy atom. The third-order valence-electron chi connectivity index (χ3n) is 4.17. The van der Waals surface area contributed by atoms with Gasteiger partial charge in [-0.25, -0.2) is 14.8 Å². The van der Waals surface area contributed by atoms with E-state index in [1.165, 1.54) is 28.5 Å². The first-order valence-corrected chi connectivity index (χ1v) is 9.93. The van der Waals surface area contributed by atoms with Crippen LogP contribution in [0.2, 0.25) is 0 Å². The van der Waals surface area contributed by atoms with Crippen LogP contribution in [0.15, 0.2) is 48.7 Å². The fourth-order valence-corrected chi connectivity index (χ4v) is 3.67. The van der Waals surface area contributed by atoms with Gasteiger partial charge in [-0.1, -0.05) is 30.3 Å². The maximum atomic E-state index is 13.5. The molecule has 0 spiro atoms. The summed E-state index contributed by atoms with van der Waals surface area (Å²) in [6, 6.07) is 12.2. The number of carbonyl (C=O) groups excluding carboxylic acids is 2. The summed E-state index contributed by atoms with van der Waals surface area (Å²) in [6.07, 6.45) is 1.82. The van der Waals surface area contributed by atoms with Crippen molar-refractivity contribution >= 4 is 28.3 Å². The second-order valence-electron chi connectivity index (χ2n) is 6.18. The molecule has 2 aromatic heterocycles. The molecule has 0 atom stereocenters. The molecule has 0 N–H and O–H groups in total. The number of thiazole rings is 1. The molecule has 0 saturated carbocycles. The van der Waals surface area contributed by atoms with Crippen molar-refractivity contribution in [1.82, 2.24) is 9.97 Å². The van der Waals surface area contributed by atoms with Crippen LogP contribution in [0.25, 0.3) is 0 Å². The van der Waals surface area contributed by atoms with Gasteiger partial charge in [0, 0.05) is 29.2 Å². The van der Waals surface area contributed by atoms with E-state index < -0.39 is 17.8 Å². The number of nitrogens with zero attached hydrogens (tertiary/aromatic N) is 3. The molecule has 3 aromatic rings. The van der Waals surface area contributed by atoms with Gasteiger partial charge in [-0.05, 0) is 31.9 Å². The van der Waals surface area contributed by atoms with Crippen LogP contribution in [0.4, 0.5) is 9.52 Å². The molecule has 0 aliphatic heterocycles. The zero-order valence-corrected chi connectivity index (χ0v) is 16.9. The molecule has 29 heavy (non-hydrogen) atoms. The first-order valence-electron chi connectivity index (χ1n) is 9.11. The van der Waals surface area contributed by atoms with E-state index in [9.17, 15) is 14.0 Å². The average molecular weight is 413 g/mol. The second kappa shape index (κ2) is 9.38. The number of carbonyl (C=O) groups is 2. The van der Waals surface area contributed by atoms with E-state index in [-0.39, 0.29) is 17.9 Å². The SMILES string of the molecule is CCOC(=O)c1nc(N(CCc2ccccc2)C(=O)c2ccnc(F)c2)sc1C. The largest absolute Gasteiger partial charge is 0.461 e. The smallest absolute Gasteiger partial charge is 0.358 e. The molecule has 0 aliphatic carbocycles. The summed E-state index contributed by atoms with van der Waals surface area (Å²) in [4.78, 5) is 35.2. The zero-order valence-electron chi connectivity index (χ0n) is 16.1. The Kier molecular flexibility index (Phi) is 6.66. The van der Waals surface area contributed by atoms with Gasteiger partial charge in [0.1, 0.15) is 0 Å². The Balaban J connectivity index is 1.93. The van der Waals surface area contributed by atoms with Crippen LogP contribution < -0.4 is 4.90 Å². The highest BCUT2D eigenvalue weighted by atomic mass is 32.1. The van der Waals surface area contributed by atoms with Gasteiger partial charge < -0.3 is 4.74 Å². The maximum Gasteiger partial charge on any atom is 0.358 e. The zero-order chi connectivity index (χ0) is 20.8. The second-order valence-corrected chi connectivity index (χ2v) is 7.36. The van der Waals surface area contributed by atoms with Crippen molar-refractivity contribution in [3.05, 3.63) is 76.3 Å². The van der Waals surface area contributed by atoms with Crippen molar-refractivity contribution in [3.8, 4) is 0 Å². The van der Waals surface area contributed by atoms with Crippen LogP contribution in [-0.4, -0.2) is 35.0 Å². The third kappa shape index (κ3) is 5.03. The van der Waals surface area contributed by atoms with E-state index >= 15 is 0 Å². The average Bonchev–Trinajstić information content (AvgIpc) is 3.10. The van der Waals surface area contributed by atoms with Crippen LogP contribution in [0.5, 0.6) is 0 Å². The minimum Gasteiger partial charge on any atom is -0.461 e. The molecule has 1 aromatic carbocycles. The van der Waals surface area contributed by atoms with Gasteiger partial charge in [-0.3, -0.25) is 9.69 Å². The number of anilines is 1. The molecule has 0 radical (unpaired) electrons. The van der Waals surface area contributed by atoms with E-state index in [2.05, 4.69) is 9.97 Å². The lowest BCUT2D eigenvalue weighted by atomic mass is 10.1. The number of benzene rings is 1. The molecule has 3 rings (SSSR count). The highest BCUT2D eigenvalue weighted by Gasteiger charge is 2.25. The summed E-state index contributed by atoms with van der Waals surface area (Å²) in [6.45, 7) is 4.02. The van der Waals surface area contributed by atoms with Crippen molar-refractivity contribution in [1.29, 1.82) is 0 Å². The van der Waals surface area contributed by atoms with E-state index in [0.717, 1.165) is 11.6 Å². The van der Waals surface area contributed by atoms with Gasteiger partial charge in [0.2, 0.25) is 5.95 Å². The minimum atomic E-state index is -0.735. The molecule has 6 nitrogen and oxygen atoms in total. The van der Waals surface area contributed by atoms with Crippen molar-refractivity contribution in [2.24, 2.45) is 0 Å². The normalized spacial score (nSPS) is 10.6. The van der Waals surface area contributed by atoms with Gasteiger partial charge in [0.15, 0.2) is 10.8 Å². The summed E-state index contributed by atoms with van der Waals surface area (Å²) >= 11 is 1.22. The number of rotatable bonds is 7. The Bertz CT molecular complexity index is 1010. The summed E-state index contributed by atoms with van der Waals surface area (Å²) in [5.74, 6) is -1.68. The Hall–Kier alpha value is -3.13. The number of aryl methyl sites for hydroxylation is 1. The molecule has 8 heteroatoms. The van der Waals surface area contributed by atoms with Gasteiger partial charge in [0.25, 0.3) is 5.91 Å². The molecule has 0 fully saturated rings. The fraction of sp³-hybridized carbons (Fsp3) is 0.238. The molecule has 0 unspecified atom stereocenters. The molecule has 150 valence electrons. The summed E-state index contributed by atoms with van der Waals surface area (Å²) in [7, 11) is 0.